The Bertz CT molecular complexity index is 579. The van der Waals surface area contributed by atoms with Crippen LogP contribution in [0.25, 0.3) is 0 Å². The van der Waals surface area contributed by atoms with E-state index in [4.69, 9.17) is 16.3 Å². The Morgan fingerprint density at radius 2 is 2.06 bits per heavy atom. The number of benzene rings is 1. The fourth-order valence-corrected chi connectivity index (χ4v) is 1.57. The van der Waals surface area contributed by atoms with Crippen LogP contribution in [0.3, 0.4) is 0 Å². The number of Topliss-reactive ketones (excluding diaryl/α,β-unsaturated/α-hetero) is 1. The van der Waals surface area contributed by atoms with Gasteiger partial charge in [-0.25, -0.2) is 4.98 Å². The van der Waals surface area contributed by atoms with Crippen LogP contribution in [-0.4, -0.2) is 10.8 Å². The zero-order valence-corrected chi connectivity index (χ0v) is 10.9. The molecule has 0 aliphatic rings. The highest BCUT2D eigenvalue weighted by atomic mass is 35.5. The molecule has 0 saturated carbocycles. The average molecular weight is 262 g/mol. The third-order valence-electron chi connectivity index (χ3n) is 2.49. The molecule has 2 rings (SSSR count). The lowest BCUT2D eigenvalue weighted by Crippen LogP contribution is -1.94. The lowest BCUT2D eigenvalue weighted by atomic mass is 10.2. The number of halogens is 1. The number of hydrogen-bond donors (Lipinski definition) is 0. The van der Waals surface area contributed by atoms with Crippen molar-refractivity contribution in [3.8, 4) is 11.6 Å². The lowest BCUT2D eigenvalue weighted by Gasteiger charge is -2.06. The highest BCUT2D eigenvalue weighted by molar-refractivity contribution is 6.31. The van der Waals surface area contributed by atoms with Gasteiger partial charge in [-0.05, 0) is 43.7 Å². The molecule has 0 unspecified atom stereocenters. The minimum Gasteiger partial charge on any atom is -0.439 e. The monoisotopic (exact) mass is 261 g/mol. The highest BCUT2D eigenvalue weighted by Crippen LogP contribution is 2.24. The van der Waals surface area contributed by atoms with E-state index < -0.39 is 0 Å². The number of carbonyl (C=O) groups excluding carboxylic acids is 1. The molecule has 0 aliphatic carbocycles. The van der Waals surface area contributed by atoms with Gasteiger partial charge >= 0.3 is 0 Å². The molecule has 0 aliphatic heterocycles. The molecule has 0 amide bonds. The molecule has 1 heterocycles. The summed E-state index contributed by atoms with van der Waals surface area (Å²) in [5, 5.41) is 0.697. The first kappa shape index (κ1) is 12.6. The van der Waals surface area contributed by atoms with Crippen molar-refractivity contribution < 1.29 is 9.53 Å². The second-order valence-corrected chi connectivity index (χ2v) is 4.36. The molecule has 0 radical (unpaired) electrons. The van der Waals surface area contributed by atoms with Gasteiger partial charge in [-0.15, -0.1) is 0 Å². The van der Waals surface area contributed by atoms with Crippen molar-refractivity contribution in [2.75, 3.05) is 0 Å². The second kappa shape index (κ2) is 5.19. The summed E-state index contributed by atoms with van der Waals surface area (Å²) >= 11 is 5.93. The van der Waals surface area contributed by atoms with Crippen molar-refractivity contribution in [3.63, 3.8) is 0 Å². The number of carbonyl (C=O) groups is 1. The molecule has 0 atom stereocenters. The second-order valence-electron chi connectivity index (χ2n) is 3.95. The highest BCUT2D eigenvalue weighted by Gasteiger charge is 2.03. The molecule has 0 bridgehead atoms. The molecule has 2 aromatic rings. The van der Waals surface area contributed by atoms with Crippen molar-refractivity contribution in [1.82, 2.24) is 4.98 Å². The molecule has 0 N–H and O–H groups in total. The third kappa shape index (κ3) is 2.87. The lowest BCUT2D eigenvalue weighted by molar-refractivity contribution is 0.101. The van der Waals surface area contributed by atoms with Gasteiger partial charge in [0.05, 0.1) is 0 Å². The molecule has 0 fully saturated rings. The Morgan fingerprint density at radius 1 is 1.28 bits per heavy atom. The normalized spacial score (nSPS) is 10.2. The van der Waals surface area contributed by atoms with Gasteiger partial charge in [0.2, 0.25) is 5.88 Å². The van der Waals surface area contributed by atoms with E-state index in [1.54, 1.807) is 24.3 Å². The minimum absolute atomic E-state index is 0.0172. The quantitative estimate of drug-likeness (QED) is 0.783. The Labute approximate surface area is 110 Å². The van der Waals surface area contributed by atoms with Crippen LogP contribution in [-0.2, 0) is 0 Å². The topological polar surface area (TPSA) is 39.2 Å². The molecule has 0 spiro atoms. The first-order valence-electron chi connectivity index (χ1n) is 5.47. The van der Waals surface area contributed by atoms with Crippen molar-refractivity contribution >= 4 is 17.4 Å². The maximum Gasteiger partial charge on any atom is 0.219 e. The smallest absolute Gasteiger partial charge is 0.219 e. The molecule has 3 nitrogen and oxygen atoms in total. The molecule has 1 aromatic heterocycles. The van der Waals surface area contributed by atoms with E-state index >= 15 is 0 Å². The average Bonchev–Trinajstić information content (AvgIpc) is 2.34. The number of pyridine rings is 1. The summed E-state index contributed by atoms with van der Waals surface area (Å²) < 4.78 is 5.57. The fourth-order valence-electron chi connectivity index (χ4n) is 1.45. The summed E-state index contributed by atoms with van der Waals surface area (Å²) in [6.45, 7) is 3.40. The van der Waals surface area contributed by atoms with E-state index in [-0.39, 0.29) is 5.78 Å². The van der Waals surface area contributed by atoms with E-state index in [2.05, 4.69) is 4.98 Å². The Hall–Kier alpha value is -1.87. The van der Waals surface area contributed by atoms with Crippen LogP contribution in [0, 0.1) is 6.92 Å². The van der Waals surface area contributed by atoms with Gasteiger partial charge in [-0.2, -0.15) is 0 Å². The van der Waals surface area contributed by atoms with Crippen molar-refractivity contribution in [2.24, 2.45) is 0 Å². The van der Waals surface area contributed by atoms with E-state index in [0.29, 0.717) is 22.2 Å². The van der Waals surface area contributed by atoms with Gasteiger partial charge in [-0.1, -0.05) is 11.6 Å². The van der Waals surface area contributed by atoms with Gasteiger partial charge in [0, 0.05) is 22.8 Å². The van der Waals surface area contributed by atoms with Gasteiger partial charge in [-0.3, -0.25) is 4.79 Å². The van der Waals surface area contributed by atoms with Crippen LogP contribution >= 0.6 is 11.6 Å². The van der Waals surface area contributed by atoms with Crippen molar-refractivity contribution in [1.29, 1.82) is 0 Å². The van der Waals surface area contributed by atoms with Crippen LogP contribution in [0.4, 0.5) is 0 Å². The predicted octanol–water partition coefficient (Wildman–Crippen LogP) is 4.04. The summed E-state index contributed by atoms with van der Waals surface area (Å²) in [6.07, 6.45) is 1.50. The number of aromatic nitrogens is 1. The fraction of sp³-hybridized carbons (Fsp3) is 0.143. The molecular formula is C14H12ClNO2. The van der Waals surface area contributed by atoms with E-state index in [1.165, 1.54) is 13.1 Å². The zero-order valence-electron chi connectivity index (χ0n) is 10.1. The number of ether oxygens (including phenoxy) is 1. The predicted molar refractivity (Wildman–Crippen MR) is 70.5 cm³/mol. The summed E-state index contributed by atoms with van der Waals surface area (Å²) in [4.78, 5) is 15.2. The van der Waals surface area contributed by atoms with E-state index in [9.17, 15) is 4.79 Å². The standard InChI is InChI=1S/C14H12ClNO2/c1-9-7-12(4-5-13(9)15)18-14-6-3-11(8-16-14)10(2)17/h3-8H,1-2H3. The largest absolute Gasteiger partial charge is 0.439 e. The number of aryl methyl sites for hydroxylation is 1. The summed E-state index contributed by atoms with van der Waals surface area (Å²) in [6, 6.07) is 8.74. The van der Waals surface area contributed by atoms with Gasteiger partial charge in [0.1, 0.15) is 5.75 Å². The van der Waals surface area contributed by atoms with Crippen molar-refractivity contribution in [3.05, 3.63) is 52.7 Å². The Kier molecular flexibility index (Phi) is 3.63. The number of hydrogen-bond acceptors (Lipinski definition) is 3. The van der Waals surface area contributed by atoms with Gasteiger partial charge in [0.15, 0.2) is 5.78 Å². The van der Waals surface area contributed by atoms with Crippen LogP contribution in [0.5, 0.6) is 11.6 Å². The molecule has 0 saturated heterocycles. The zero-order chi connectivity index (χ0) is 13.1. The molecular weight excluding hydrogens is 250 g/mol. The minimum atomic E-state index is -0.0172. The first-order chi connectivity index (χ1) is 8.56. The number of ketones is 1. The number of nitrogens with zero attached hydrogens (tertiary/aromatic N) is 1. The summed E-state index contributed by atoms with van der Waals surface area (Å²) in [5.41, 5.74) is 1.50. The first-order valence-corrected chi connectivity index (χ1v) is 5.85. The van der Waals surface area contributed by atoms with Crippen LogP contribution in [0.2, 0.25) is 5.02 Å². The Balaban J connectivity index is 2.18. The molecule has 4 heteroatoms. The maximum absolute atomic E-state index is 11.1. The molecule has 1 aromatic carbocycles. The van der Waals surface area contributed by atoms with Crippen LogP contribution in [0.1, 0.15) is 22.8 Å². The van der Waals surface area contributed by atoms with E-state index in [0.717, 1.165) is 5.56 Å². The third-order valence-corrected chi connectivity index (χ3v) is 2.92. The summed E-state index contributed by atoms with van der Waals surface area (Å²) in [7, 11) is 0. The van der Waals surface area contributed by atoms with Crippen LogP contribution < -0.4 is 4.74 Å². The Morgan fingerprint density at radius 3 is 2.61 bits per heavy atom. The van der Waals surface area contributed by atoms with Crippen molar-refractivity contribution in [2.45, 2.75) is 13.8 Å². The summed E-state index contributed by atoms with van der Waals surface area (Å²) in [5.74, 6) is 1.10. The SMILES string of the molecule is CC(=O)c1ccc(Oc2ccc(Cl)c(C)c2)nc1. The van der Waals surface area contributed by atoms with E-state index in [1.807, 2.05) is 13.0 Å². The van der Waals surface area contributed by atoms with Crippen LogP contribution in [0.15, 0.2) is 36.5 Å². The number of rotatable bonds is 3. The molecule has 92 valence electrons. The maximum atomic E-state index is 11.1. The van der Waals surface area contributed by atoms with Gasteiger partial charge < -0.3 is 4.74 Å². The molecule has 18 heavy (non-hydrogen) atoms. The van der Waals surface area contributed by atoms with Gasteiger partial charge in [0.25, 0.3) is 0 Å².